The van der Waals surface area contributed by atoms with E-state index in [1.54, 1.807) is 40.1 Å². The van der Waals surface area contributed by atoms with Crippen LogP contribution in [0.3, 0.4) is 0 Å². The van der Waals surface area contributed by atoms with Gasteiger partial charge in [-0.05, 0) is 29.8 Å². The van der Waals surface area contributed by atoms with Crippen LogP contribution < -0.4 is 4.90 Å². The first-order valence-electron chi connectivity index (χ1n) is 9.82. The lowest BCUT2D eigenvalue weighted by Gasteiger charge is -2.37. The van der Waals surface area contributed by atoms with Crippen molar-refractivity contribution >= 4 is 17.5 Å². The number of piperazine rings is 1. The Morgan fingerprint density at radius 1 is 0.966 bits per heavy atom. The van der Waals surface area contributed by atoms with Crippen LogP contribution in [0.25, 0.3) is 0 Å². The normalized spacial score (nSPS) is 19.7. The third-order valence-electron chi connectivity index (χ3n) is 5.63. The molecule has 2 heterocycles. The monoisotopic (exact) mass is 399 g/mol. The summed E-state index contributed by atoms with van der Waals surface area (Å²) in [5, 5.41) is 0. The second-order valence-electron chi connectivity index (χ2n) is 7.57. The molecule has 2 amide bonds. The second kappa shape index (κ2) is 8.19. The van der Waals surface area contributed by atoms with Gasteiger partial charge in [0, 0.05) is 45.7 Å². The number of rotatable bonds is 4. The molecule has 2 saturated heterocycles. The Kier molecular flexibility index (Phi) is 5.47. The maximum atomic E-state index is 14.0. The average Bonchev–Trinajstić information content (AvgIpc) is 3.10. The van der Waals surface area contributed by atoms with Crippen LogP contribution in [0.5, 0.6) is 0 Å². The molecule has 4 rings (SSSR count). The van der Waals surface area contributed by atoms with Gasteiger partial charge in [-0.3, -0.25) is 9.59 Å². The van der Waals surface area contributed by atoms with Crippen LogP contribution in [0.1, 0.15) is 12.0 Å². The Labute approximate surface area is 168 Å². The van der Waals surface area contributed by atoms with Crippen LogP contribution in [0.2, 0.25) is 0 Å². The summed E-state index contributed by atoms with van der Waals surface area (Å²) in [6, 6.07) is 12.7. The number of likely N-dealkylation sites (tertiary alicyclic amines) is 1. The Morgan fingerprint density at radius 2 is 1.66 bits per heavy atom. The first-order valence-corrected chi connectivity index (χ1v) is 9.82. The van der Waals surface area contributed by atoms with Gasteiger partial charge in [-0.2, -0.15) is 0 Å². The molecule has 0 bridgehead atoms. The zero-order chi connectivity index (χ0) is 20.4. The highest BCUT2D eigenvalue weighted by atomic mass is 19.1. The summed E-state index contributed by atoms with van der Waals surface area (Å²) in [7, 11) is 0. The average molecular weight is 399 g/mol. The van der Waals surface area contributed by atoms with Gasteiger partial charge in [0.1, 0.15) is 11.6 Å². The van der Waals surface area contributed by atoms with Gasteiger partial charge < -0.3 is 14.7 Å². The standard InChI is InChI=1S/C22H23F2N3O2/c23-18-7-5-16(6-8-18)14-27-15-17(13-21(27)28)22(29)26-11-9-25(10-12-26)20-4-2-1-3-19(20)24/h1-8,17H,9-15H2. The van der Waals surface area contributed by atoms with Crippen LogP contribution in [-0.2, 0) is 16.1 Å². The first kappa shape index (κ1) is 19.4. The summed E-state index contributed by atoms with van der Waals surface area (Å²) in [5.74, 6) is -1.01. The van der Waals surface area contributed by atoms with Crippen LogP contribution in [0, 0.1) is 17.6 Å². The largest absolute Gasteiger partial charge is 0.366 e. The van der Waals surface area contributed by atoms with Gasteiger partial charge in [0.15, 0.2) is 0 Å². The topological polar surface area (TPSA) is 43.9 Å². The van der Waals surface area contributed by atoms with Gasteiger partial charge in [-0.15, -0.1) is 0 Å². The lowest BCUT2D eigenvalue weighted by atomic mass is 10.1. The minimum absolute atomic E-state index is 0.0202. The number of carbonyl (C=O) groups is 2. The Bertz CT molecular complexity index is 895. The fourth-order valence-corrected chi connectivity index (χ4v) is 4.03. The van der Waals surface area contributed by atoms with Gasteiger partial charge in [-0.1, -0.05) is 24.3 Å². The number of hydrogen-bond acceptors (Lipinski definition) is 3. The first-order chi connectivity index (χ1) is 14.0. The molecule has 7 heteroatoms. The number of hydrogen-bond donors (Lipinski definition) is 0. The van der Waals surface area contributed by atoms with Crippen molar-refractivity contribution in [3.8, 4) is 0 Å². The Hall–Kier alpha value is -2.96. The molecule has 0 N–H and O–H groups in total. The van der Waals surface area contributed by atoms with E-state index in [4.69, 9.17) is 0 Å². The van der Waals surface area contributed by atoms with Crippen molar-refractivity contribution in [1.29, 1.82) is 0 Å². The van der Waals surface area contributed by atoms with Gasteiger partial charge >= 0.3 is 0 Å². The van der Waals surface area contributed by atoms with Gasteiger partial charge in [0.25, 0.3) is 0 Å². The highest BCUT2D eigenvalue weighted by molar-refractivity contribution is 5.89. The molecule has 0 radical (unpaired) electrons. The van der Waals surface area contributed by atoms with E-state index in [9.17, 15) is 18.4 Å². The lowest BCUT2D eigenvalue weighted by molar-refractivity contribution is -0.136. The molecular formula is C22H23F2N3O2. The third kappa shape index (κ3) is 4.23. The van der Waals surface area contributed by atoms with E-state index in [2.05, 4.69) is 0 Å². The summed E-state index contributed by atoms with van der Waals surface area (Å²) >= 11 is 0. The molecule has 29 heavy (non-hydrogen) atoms. The number of nitrogens with zero attached hydrogens (tertiary/aromatic N) is 3. The maximum Gasteiger partial charge on any atom is 0.228 e. The van der Waals surface area contributed by atoms with Crippen molar-refractivity contribution in [3.63, 3.8) is 0 Å². The minimum atomic E-state index is -0.358. The highest BCUT2D eigenvalue weighted by Crippen LogP contribution is 2.25. The lowest BCUT2D eigenvalue weighted by Crippen LogP contribution is -2.50. The molecule has 152 valence electrons. The second-order valence-corrected chi connectivity index (χ2v) is 7.57. The Morgan fingerprint density at radius 3 is 2.34 bits per heavy atom. The molecular weight excluding hydrogens is 376 g/mol. The predicted octanol–water partition coefficient (Wildman–Crippen LogP) is 2.66. The number of benzene rings is 2. The van der Waals surface area contributed by atoms with Crippen molar-refractivity contribution in [2.45, 2.75) is 13.0 Å². The summed E-state index contributed by atoms with van der Waals surface area (Å²) in [4.78, 5) is 30.6. The van der Waals surface area contributed by atoms with E-state index in [-0.39, 0.29) is 35.8 Å². The molecule has 0 aliphatic carbocycles. The number of amides is 2. The van der Waals surface area contributed by atoms with Crippen LogP contribution in [-0.4, -0.2) is 54.3 Å². The van der Waals surface area contributed by atoms with E-state index in [1.807, 2.05) is 4.90 Å². The maximum absolute atomic E-state index is 14.0. The van der Waals surface area contributed by atoms with E-state index >= 15 is 0 Å². The zero-order valence-corrected chi connectivity index (χ0v) is 16.1. The molecule has 2 fully saturated rings. The molecule has 5 nitrogen and oxygen atoms in total. The summed E-state index contributed by atoms with van der Waals surface area (Å²) in [6.45, 7) is 2.90. The molecule has 1 unspecified atom stereocenters. The van der Waals surface area contributed by atoms with E-state index in [0.29, 0.717) is 45.0 Å². The number of para-hydroxylation sites is 1. The molecule has 2 aliphatic rings. The molecule has 0 saturated carbocycles. The van der Waals surface area contributed by atoms with E-state index in [1.165, 1.54) is 18.2 Å². The molecule has 2 aromatic rings. The van der Waals surface area contributed by atoms with Gasteiger partial charge in [0.2, 0.25) is 11.8 Å². The highest BCUT2D eigenvalue weighted by Gasteiger charge is 2.37. The summed E-state index contributed by atoms with van der Waals surface area (Å²) in [6.07, 6.45) is 0.202. The zero-order valence-electron chi connectivity index (χ0n) is 16.1. The fourth-order valence-electron chi connectivity index (χ4n) is 4.03. The quantitative estimate of drug-likeness (QED) is 0.794. The van der Waals surface area contributed by atoms with Gasteiger partial charge in [-0.25, -0.2) is 8.78 Å². The van der Waals surface area contributed by atoms with Gasteiger partial charge in [0.05, 0.1) is 11.6 Å². The minimum Gasteiger partial charge on any atom is -0.366 e. The van der Waals surface area contributed by atoms with Crippen molar-refractivity contribution in [1.82, 2.24) is 9.80 Å². The molecule has 1 atom stereocenters. The fraction of sp³-hybridized carbons (Fsp3) is 0.364. The summed E-state index contributed by atoms with van der Waals surface area (Å²) in [5.41, 5.74) is 1.40. The smallest absolute Gasteiger partial charge is 0.228 e. The predicted molar refractivity (Wildman–Crippen MR) is 105 cm³/mol. The van der Waals surface area contributed by atoms with E-state index < -0.39 is 0 Å². The van der Waals surface area contributed by atoms with Crippen molar-refractivity contribution in [2.75, 3.05) is 37.6 Å². The molecule has 0 spiro atoms. The van der Waals surface area contributed by atoms with Crippen molar-refractivity contribution in [3.05, 3.63) is 65.7 Å². The molecule has 2 aromatic carbocycles. The SMILES string of the molecule is O=C1CC(C(=O)N2CCN(c3ccccc3F)CC2)CN1Cc1ccc(F)cc1. The van der Waals surface area contributed by atoms with Crippen molar-refractivity contribution < 1.29 is 18.4 Å². The Balaban J connectivity index is 1.33. The van der Waals surface area contributed by atoms with E-state index in [0.717, 1.165) is 5.56 Å². The molecule has 2 aliphatic heterocycles. The third-order valence-corrected chi connectivity index (χ3v) is 5.63. The molecule has 0 aromatic heterocycles. The van der Waals surface area contributed by atoms with Crippen LogP contribution >= 0.6 is 0 Å². The summed E-state index contributed by atoms with van der Waals surface area (Å²) < 4.78 is 27.0. The van der Waals surface area contributed by atoms with Crippen molar-refractivity contribution in [2.24, 2.45) is 5.92 Å². The van der Waals surface area contributed by atoms with Crippen LogP contribution in [0.15, 0.2) is 48.5 Å². The number of halogens is 2. The number of anilines is 1. The van der Waals surface area contributed by atoms with Crippen LogP contribution in [0.4, 0.5) is 14.5 Å². The number of carbonyl (C=O) groups excluding carboxylic acids is 2.